The zero-order valence-corrected chi connectivity index (χ0v) is 36.6. The third-order valence-electron chi connectivity index (χ3n) is 11.1. The van der Waals surface area contributed by atoms with E-state index in [9.17, 15) is 20.4 Å². The summed E-state index contributed by atoms with van der Waals surface area (Å²) in [6.45, 7) is 0.648. The fraction of sp³-hybridized carbons (Fsp3) is 0.138. The van der Waals surface area contributed by atoms with E-state index in [1.807, 2.05) is 72.8 Å². The van der Waals surface area contributed by atoms with Crippen LogP contribution < -0.4 is 18.9 Å². The van der Waals surface area contributed by atoms with Gasteiger partial charge < -0.3 is 39.4 Å². The highest BCUT2D eigenvalue weighted by molar-refractivity contribution is 6.05. The van der Waals surface area contributed by atoms with Crippen molar-refractivity contribution in [3.8, 4) is 67.5 Å². The van der Waals surface area contributed by atoms with E-state index in [1.165, 1.54) is 0 Å². The van der Waals surface area contributed by atoms with Gasteiger partial charge in [-0.3, -0.25) is 0 Å². The molecule has 66 heavy (non-hydrogen) atoms. The third kappa shape index (κ3) is 11.2. The first-order valence-electron chi connectivity index (χ1n) is 22.1. The number of benzene rings is 8. The van der Waals surface area contributed by atoms with Gasteiger partial charge in [0.2, 0.25) is 0 Å². The van der Waals surface area contributed by atoms with Crippen molar-refractivity contribution in [3.05, 3.63) is 216 Å². The molecule has 0 aromatic heterocycles. The molecule has 0 saturated heterocycles. The van der Waals surface area contributed by atoms with Crippen molar-refractivity contribution in [2.45, 2.75) is 0 Å². The van der Waals surface area contributed by atoms with Crippen molar-refractivity contribution in [2.24, 2.45) is 0 Å². The fourth-order valence-electron chi connectivity index (χ4n) is 7.94. The molecule has 332 valence electrons. The molecule has 8 aromatic rings. The fourth-order valence-corrected chi connectivity index (χ4v) is 7.94. The molecule has 8 heteroatoms. The van der Waals surface area contributed by atoms with Crippen LogP contribution in [0.3, 0.4) is 0 Å². The summed E-state index contributed by atoms with van der Waals surface area (Å²) in [5, 5.41) is 37.4. The van der Waals surface area contributed by atoms with E-state index >= 15 is 0 Å². The predicted octanol–water partition coefficient (Wildman–Crippen LogP) is 10.8. The molecule has 0 aliphatic rings. The Balaban J connectivity index is 1.28. The molecule has 0 unspecified atom stereocenters. The zero-order chi connectivity index (χ0) is 45.5. The highest BCUT2D eigenvalue weighted by atomic mass is 16.5. The summed E-state index contributed by atoms with van der Waals surface area (Å²) >= 11 is 0. The Hall–Kier alpha value is -7.46. The van der Waals surface area contributed by atoms with Gasteiger partial charge in [-0.25, -0.2) is 0 Å². The van der Waals surface area contributed by atoms with E-state index in [0.29, 0.717) is 23.0 Å². The quantitative estimate of drug-likeness (QED) is 0.0559. The van der Waals surface area contributed by atoms with E-state index in [1.54, 1.807) is 0 Å². The summed E-state index contributed by atoms with van der Waals surface area (Å²) in [5.74, 6) is 2.78. The SMILES string of the molecule is OCCOc1cccc(-c2ccc(C(=C(c3ccc(-c4cccc(OCCO)c4)cc3)c3ccc(-c4cccc(OCCO)c4)cc3)c3ccc(-c4cccc(OCCO)c4)cc3)cc2)c1. The topological polar surface area (TPSA) is 118 Å². The van der Waals surface area contributed by atoms with Crippen molar-refractivity contribution in [1.82, 2.24) is 0 Å². The van der Waals surface area contributed by atoms with Gasteiger partial charge >= 0.3 is 0 Å². The van der Waals surface area contributed by atoms with Gasteiger partial charge in [-0.1, -0.05) is 146 Å². The van der Waals surface area contributed by atoms with Gasteiger partial charge in [-0.2, -0.15) is 0 Å². The molecule has 0 aliphatic heterocycles. The first kappa shape index (κ1) is 45.1. The molecular formula is C58H52O8. The van der Waals surface area contributed by atoms with Crippen LogP contribution in [0.25, 0.3) is 55.7 Å². The van der Waals surface area contributed by atoms with Crippen LogP contribution >= 0.6 is 0 Å². The van der Waals surface area contributed by atoms with Gasteiger partial charge in [0, 0.05) is 0 Å². The summed E-state index contributed by atoms with van der Waals surface area (Å²) in [4.78, 5) is 0. The van der Waals surface area contributed by atoms with Crippen molar-refractivity contribution >= 4 is 11.1 Å². The first-order valence-corrected chi connectivity index (χ1v) is 22.1. The Bertz CT molecular complexity index is 2440. The molecular weight excluding hydrogens is 825 g/mol. The minimum absolute atomic E-state index is 0.0601. The predicted molar refractivity (Wildman–Crippen MR) is 263 cm³/mol. The second-order valence-corrected chi connectivity index (χ2v) is 15.5. The van der Waals surface area contributed by atoms with Crippen molar-refractivity contribution in [2.75, 3.05) is 52.9 Å². The molecule has 0 radical (unpaired) electrons. The normalized spacial score (nSPS) is 10.9. The summed E-state index contributed by atoms with van der Waals surface area (Å²) in [6, 6.07) is 66.0. The van der Waals surface area contributed by atoms with Crippen molar-refractivity contribution in [3.63, 3.8) is 0 Å². The maximum Gasteiger partial charge on any atom is 0.120 e. The van der Waals surface area contributed by atoms with E-state index in [2.05, 4.69) is 121 Å². The molecule has 8 nitrogen and oxygen atoms in total. The second-order valence-electron chi connectivity index (χ2n) is 15.5. The Morgan fingerprint density at radius 3 is 0.667 bits per heavy atom. The Morgan fingerprint density at radius 2 is 0.470 bits per heavy atom. The molecule has 0 amide bonds. The molecule has 4 N–H and O–H groups in total. The summed E-state index contributed by atoms with van der Waals surface area (Å²) in [7, 11) is 0. The molecule has 0 heterocycles. The van der Waals surface area contributed by atoms with Crippen LogP contribution in [-0.4, -0.2) is 73.3 Å². The van der Waals surface area contributed by atoms with Gasteiger partial charge in [0.15, 0.2) is 0 Å². The number of hydrogen-bond acceptors (Lipinski definition) is 8. The smallest absolute Gasteiger partial charge is 0.120 e. The largest absolute Gasteiger partial charge is 0.491 e. The average molecular weight is 877 g/mol. The molecule has 0 saturated carbocycles. The maximum absolute atomic E-state index is 9.35. The van der Waals surface area contributed by atoms with E-state index in [-0.39, 0.29) is 52.9 Å². The second kappa shape index (κ2) is 22.4. The molecule has 0 fully saturated rings. The highest BCUT2D eigenvalue weighted by Gasteiger charge is 2.18. The molecule has 0 aliphatic carbocycles. The van der Waals surface area contributed by atoms with E-state index in [4.69, 9.17) is 18.9 Å². The van der Waals surface area contributed by atoms with Crippen LogP contribution in [0.15, 0.2) is 194 Å². The minimum atomic E-state index is -0.0601. The van der Waals surface area contributed by atoms with Gasteiger partial charge in [0.25, 0.3) is 0 Å². The van der Waals surface area contributed by atoms with Gasteiger partial charge in [-0.15, -0.1) is 0 Å². The standard InChI is InChI=1S/C58H52O8/c59-29-33-63-53-9-1-5-49(37-53)41-13-21-45(22-14-41)57(46-23-15-42(16-24-46)50-6-2-10-54(38-50)64-34-30-60)58(47-25-17-43(18-26-47)51-7-3-11-55(39-51)65-35-31-61)48-27-19-44(20-28-48)52-8-4-12-56(40-52)66-36-32-62/h1-28,37-40,59-62H,29-36H2. The van der Waals surface area contributed by atoms with Crippen molar-refractivity contribution in [1.29, 1.82) is 0 Å². The molecule has 8 rings (SSSR count). The molecule has 8 aromatic carbocycles. The number of ether oxygens (including phenoxy) is 4. The van der Waals surface area contributed by atoms with Crippen molar-refractivity contribution < 1.29 is 39.4 Å². The lowest BCUT2D eigenvalue weighted by Gasteiger charge is -2.20. The lowest BCUT2D eigenvalue weighted by atomic mass is 9.84. The van der Waals surface area contributed by atoms with Gasteiger partial charge in [0.1, 0.15) is 49.4 Å². The maximum atomic E-state index is 9.35. The third-order valence-corrected chi connectivity index (χ3v) is 11.1. The highest BCUT2D eigenvalue weighted by Crippen LogP contribution is 2.40. The number of rotatable bonds is 20. The van der Waals surface area contributed by atoms with E-state index < -0.39 is 0 Å². The Labute approximate surface area is 385 Å². The van der Waals surface area contributed by atoms with Gasteiger partial charge in [-0.05, 0) is 126 Å². The molecule has 0 spiro atoms. The molecule has 0 bridgehead atoms. The zero-order valence-electron chi connectivity index (χ0n) is 36.6. The van der Waals surface area contributed by atoms with E-state index in [0.717, 1.165) is 77.9 Å². The van der Waals surface area contributed by atoms with Crippen LogP contribution in [0, 0.1) is 0 Å². The van der Waals surface area contributed by atoms with Crippen LogP contribution in [0.2, 0.25) is 0 Å². The minimum Gasteiger partial charge on any atom is -0.491 e. The number of aliphatic hydroxyl groups excluding tert-OH is 4. The average Bonchev–Trinajstić information content (AvgIpc) is 3.38. The van der Waals surface area contributed by atoms with Crippen LogP contribution in [0.4, 0.5) is 0 Å². The lowest BCUT2D eigenvalue weighted by molar-refractivity contribution is 0.201. The monoisotopic (exact) mass is 876 g/mol. The molecule has 0 atom stereocenters. The Morgan fingerprint density at radius 1 is 0.258 bits per heavy atom. The lowest BCUT2D eigenvalue weighted by Crippen LogP contribution is -2.01. The first-order chi connectivity index (χ1) is 32.5. The number of hydrogen-bond donors (Lipinski definition) is 4. The van der Waals surface area contributed by atoms with Gasteiger partial charge in [0.05, 0.1) is 26.4 Å². The summed E-state index contributed by atoms with van der Waals surface area (Å²) in [6.07, 6.45) is 0. The summed E-state index contributed by atoms with van der Waals surface area (Å²) < 4.78 is 23.0. The van der Waals surface area contributed by atoms with Crippen LogP contribution in [0.1, 0.15) is 22.3 Å². The number of aliphatic hydroxyl groups is 4. The summed E-state index contributed by atoms with van der Waals surface area (Å²) in [5.41, 5.74) is 14.2. The van der Waals surface area contributed by atoms with Crippen LogP contribution in [0.5, 0.6) is 23.0 Å². The Kier molecular flexibility index (Phi) is 15.3. The van der Waals surface area contributed by atoms with Crippen LogP contribution in [-0.2, 0) is 0 Å².